The SMILES string of the molecule is Cc1noc(C)c1CCN=C(N)NC1CCOc2ccccc21.I. The molecule has 1 aliphatic rings. The van der Waals surface area contributed by atoms with Gasteiger partial charge in [-0.2, -0.15) is 0 Å². The minimum absolute atomic E-state index is 0. The van der Waals surface area contributed by atoms with Crippen molar-refractivity contribution in [1.82, 2.24) is 10.5 Å². The summed E-state index contributed by atoms with van der Waals surface area (Å²) >= 11 is 0. The summed E-state index contributed by atoms with van der Waals surface area (Å²) in [5, 5.41) is 7.24. The first kappa shape index (κ1) is 18.6. The molecule has 2 heterocycles. The van der Waals surface area contributed by atoms with Crippen molar-refractivity contribution in [2.24, 2.45) is 10.7 Å². The number of para-hydroxylation sites is 1. The number of nitrogens with zero attached hydrogens (tertiary/aromatic N) is 2. The van der Waals surface area contributed by atoms with E-state index >= 15 is 0 Å². The van der Waals surface area contributed by atoms with Crippen LogP contribution >= 0.6 is 24.0 Å². The number of guanidine groups is 1. The van der Waals surface area contributed by atoms with Crippen molar-refractivity contribution in [3.63, 3.8) is 0 Å². The lowest BCUT2D eigenvalue weighted by Gasteiger charge is -2.26. The van der Waals surface area contributed by atoms with Crippen LogP contribution in [0, 0.1) is 13.8 Å². The summed E-state index contributed by atoms with van der Waals surface area (Å²) in [6.07, 6.45) is 1.64. The van der Waals surface area contributed by atoms with E-state index in [9.17, 15) is 0 Å². The highest BCUT2D eigenvalue weighted by Gasteiger charge is 2.21. The van der Waals surface area contributed by atoms with E-state index in [-0.39, 0.29) is 30.0 Å². The Bertz CT molecular complexity index is 695. The summed E-state index contributed by atoms with van der Waals surface area (Å²) in [6, 6.07) is 8.16. The van der Waals surface area contributed by atoms with Crippen LogP contribution in [-0.4, -0.2) is 24.3 Å². The molecule has 1 aromatic carbocycles. The van der Waals surface area contributed by atoms with Crippen LogP contribution in [-0.2, 0) is 6.42 Å². The van der Waals surface area contributed by atoms with E-state index in [1.165, 1.54) is 0 Å². The zero-order valence-corrected chi connectivity index (χ0v) is 16.2. The first-order valence-electron chi connectivity index (χ1n) is 7.85. The highest BCUT2D eigenvalue weighted by Crippen LogP contribution is 2.31. The second-order valence-corrected chi connectivity index (χ2v) is 5.69. The number of aliphatic imine (C=N–C) groups is 1. The van der Waals surface area contributed by atoms with Gasteiger partial charge in [0.2, 0.25) is 0 Å². The molecule has 0 radical (unpaired) electrons. The molecule has 0 spiro atoms. The summed E-state index contributed by atoms with van der Waals surface area (Å²) in [6.45, 7) is 5.14. The predicted molar refractivity (Wildman–Crippen MR) is 104 cm³/mol. The largest absolute Gasteiger partial charge is 0.493 e. The molecular weight excluding hydrogens is 419 g/mol. The number of halogens is 1. The summed E-state index contributed by atoms with van der Waals surface area (Å²) in [4.78, 5) is 4.42. The van der Waals surface area contributed by atoms with Gasteiger partial charge in [0.25, 0.3) is 0 Å². The molecule has 2 aromatic rings. The van der Waals surface area contributed by atoms with Crippen LogP contribution in [0.3, 0.4) is 0 Å². The fourth-order valence-electron chi connectivity index (χ4n) is 2.86. The number of rotatable bonds is 4. The maximum Gasteiger partial charge on any atom is 0.189 e. The third kappa shape index (κ3) is 4.19. The normalized spacial score (nSPS) is 16.8. The number of aromatic nitrogens is 1. The lowest BCUT2D eigenvalue weighted by Crippen LogP contribution is -2.37. The Balaban J connectivity index is 0.00000208. The molecule has 1 aliphatic heterocycles. The zero-order chi connectivity index (χ0) is 16.2. The lowest BCUT2D eigenvalue weighted by atomic mass is 10.0. The van der Waals surface area contributed by atoms with Crippen LogP contribution in [0.2, 0.25) is 0 Å². The zero-order valence-electron chi connectivity index (χ0n) is 13.9. The summed E-state index contributed by atoms with van der Waals surface area (Å²) < 4.78 is 10.8. The predicted octanol–water partition coefficient (Wildman–Crippen LogP) is 2.88. The van der Waals surface area contributed by atoms with E-state index in [1.807, 2.05) is 32.0 Å². The highest BCUT2D eigenvalue weighted by molar-refractivity contribution is 14.0. The average Bonchev–Trinajstić information content (AvgIpc) is 2.87. The second-order valence-electron chi connectivity index (χ2n) is 5.69. The van der Waals surface area contributed by atoms with Crippen molar-refractivity contribution in [1.29, 1.82) is 0 Å². The quantitative estimate of drug-likeness (QED) is 0.432. The van der Waals surface area contributed by atoms with Gasteiger partial charge in [0, 0.05) is 24.1 Å². The number of nitrogens with two attached hydrogens (primary N) is 1. The topological polar surface area (TPSA) is 85.7 Å². The Morgan fingerprint density at radius 2 is 2.17 bits per heavy atom. The van der Waals surface area contributed by atoms with Crippen molar-refractivity contribution < 1.29 is 9.26 Å². The number of aryl methyl sites for hydroxylation is 2. The van der Waals surface area contributed by atoms with Gasteiger partial charge in [0.15, 0.2) is 5.96 Å². The van der Waals surface area contributed by atoms with Crippen molar-refractivity contribution in [3.8, 4) is 5.75 Å². The number of benzene rings is 1. The molecule has 130 valence electrons. The lowest BCUT2D eigenvalue weighted by molar-refractivity contribution is 0.262. The molecule has 1 unspecified atom stereocenters. The van der Waals surface area contributed by atoms with Crippen LogP contribution in [0.25, 0.3) is 0 Å². The van der Waals surface area contributed by atoms with Gasteiger partial charge in [-0.05, 0) is 26.3 Å². The number of nitrogens with one attached hydrogen (secondary N) is 1. The van der Waals surface area contributed by atoms with E-state index in [0.29, 0.717) is 19.1 Å². The Morgan fingerprint density at radius 1 is 1.38 bits per heavy atom. The fraction of sp³-hybridized carbons (Fsp3) is 0.412. The van der Waals surface area contributed by atoms with E-state index < -0.39 is 0 Å². The Kier molecular flexibility index (Phi) is 6.47. The van der Waals surface area contributed by atoms with Gasteiger partial charge < -0.3 is 20.3 Å². The Morgan fingerprint density at radius 3 is 2.92 bits per heavy atom. The Labute approximate surface area is 158 Å². The molecule has 1 atom stereocenters. The van der Waals surface area contributed by atoms with Crippen LogP contribution in [0.4, 0.5) is 0 Å². The standard InChI is InChI=1S/C17H22N4O2.HI/c1-11-13(12(2)23-21-11)7-9-19-17(18)20-15-8-10-22-16-6-4-3-5-14(15)16;/h3-6,15H,7-10H2,1-2H3,(H3,18,19,20);1H. The Hall–Kier alpha value is -1.77. The molecule has 7 heteroatoms. The number of hydrogen-bond acceptors (Lipinski definition) is 4. The molecule has 3 rings (SSSR count). The fourth-order valence-corrected chi connectivity index (χ4v) is 2.86. The molecule has 3 N–H and O–H groups in total. The van der Waals surface area contributed by atoms with Crippen molar-refractivity contribution in [2.45, 2.75) is 32.7 Å². The van der Waals surface area contributed by atoms with Gasteiger partial charge in [-0.15, -0.1) is 24.0 Å². The maximum absolute atomic E-state index is 6.04. The highest BCUT2D eigenvalue weighted by atomic mass is 127. The minimum Gasteiger partial charge on any atom is -0.493 e. The smallest absolute Gasteiger partial charge is 0.189 e. The first-order chi connectivity index (χ1) is 11.1. The molecule has 0 bridgehead atoms. The van der Waals surface area contributed by atoms with Crippen molar-refractivity contribution in [2.75, 3.05) is 13.2 Å². The molecule has 6 nitrogen and oxygen atoms in total. The second kappa shape index (κ2) is 8.36. The van der Waals surface area contributed by atoms with Crippen LogP contribution < -0.4 is 15.8 Å². The molecule has 0 saturated heterocycles. The molecule has 1 aromatic heterocycles. The molecule has 0 aliphatic carbocycles. The monoisotopic (exact) mass is 442 g/mol. The van der Waals surface area contributed by atoms with E-state index in [1.54, 1.807) is 0 Å². The van der Waals surface area contributed by atoms with Crippen molar-refractivity contribution >= 4 is 29.9 Å². The molecule has 0 amide bonds. The van der Waals surface area contributed by atoms with Gasteiger partial charge in [-0.1, -0.05) is 23.4 Å². The molecule has 0 saturated carbocycles. The van der Waals surface area contributed by atoms with E-state index in [0.717, 1.165) is 41.2 Å². The maximum atomic E-state index is 6.04. The summed E-state index contributed by atoms with van der Waals surface area (Å²) in [5.74, 6) is 2.22. The third-order valence-corrected chi connectivity index (χ3v) is 4.11. The number of ether oxygens (including phenoxy) is 1. The van der Waals surface area contributed by atoms with Crippen LogP contribution in [0.5, 0.6) is 5.75 Å². The van der Waals surface area contributed by atoms with Gasteiger partial charge >= 0.3 is 0 Å². The van der Waals surface area contributed by atoms with Gasteiger partial charge in [-0.25, -0.2) is 0 Å². The third-order valence-electron chi connectivity index (χ3n) is 4.11. The summed E-state index contributed by atoms with van der Waals surface area (Å²) in [5.41, 5.74) is 9.19. The molecular formula is C17H23IN4O2. The number of hydrogen-bond donors (Lipinski definition) is 2. The molecule has 0 fully saturated rings. The van der Waals surface area contributed by atoms with Crippen LogP contribution in [0.1, 0.15) is 35.0 Å². The van der Waals surface area contributed by atoms with E-state index in [2.05, 4.69) is 21.5 Å². The summed E-state index contributed by atoms with van der Waals surface area (Å²) in [7, 11) is 0. The average molecular weight is 442 g/mol. The van der Waals surface area contributed by atoms with Crippen LogP contribution in [0.15, 0.2) is 33.8 Å². The van der Waals surface area contributed by atoms with Gasteiger partial charge in [0.05, 0.1) is 18.3 Å². The van der Waals surface area contributed by atoms with Gasteiger partial charge in [-0.3, -0.25) is 4.99 Å². The molecule has 24 heavy (non-hydrogen) atoms. The minimum atomic E-state index is 0. The van der Waals surface area contributed by atoms with Crippen molar-refractivity contribution in [3.05, 3.63) is 46.8 Å². The first-order valence-corrected chi connectivity index (χ1v) is 7.85. The number of fused-ring (bicyclic) bond motifs is 1. The van der Waals surface area contributed by atoms with E-state index in [4.69, 9.17) is 15.0 Å². The van der Waals surface area contributed by atoms with Gasteiger partial charge in [0.1, 0.15) is 11.5 Å².